The van der Waals surface area contributed by atoms with Crippen molar-refractivity contribution < 1.29 is 32.9 Å². The molecule has 0 fully saturated rings. The molecule has 8 nitrogen and oxygen atoms in total. The summed E-state index contributed by atoms with van der Waals surface area (Å²) in [6.07, 6.45) is 54.5. The summed E-state index contributed by atoms with van der Waals surface area (Å²) < 4.78 is 23.5. The number of amides is 1. The largest absolute Gasteiger partial charge is 0.472 e. The van der Waals surface area contributed by atoms with E-state index in [2.05, 4.69) is 116 Å². The van der Waals surface area contributed by atoms with E-state index in [0.717, 1.165) is 83.5 Å². The third kappa shape index (κ3) is 39.4. The van der Waals surface area contributed by atoms with E-state index in [0.29, 0.717) is 17.4 Å². The lowest BCUT2D eigenvalue weighted by atomic mass is 10.1. The molecule has 0 saturated heterocycles. The van der Waals surface area contributed by atoms with Crippen LogP contribution in [0, 0.1) is 0 Å². The number of carbonyl (C=O) groups is 1. The van der Waals surface area contributed by atoms with Gasteiger partial charge in [-0.1, -0.05) is 136 Å². The standard InChI is InChI=1S/C47H79N2O6P/c1-6-8-10-12-14-16-18-20-21-22-23-24-25-26-27-29-31-33-35-37-39-41-47(51)48-45(44-55-56(52,53)54-43-42-49(3,4)5)46(50)40-38-36-34-32-30-28-19-17-15-13-11-9-7-2/h8,10,14-17,20-21,23-24,26-27,30-33,38,40,45-46,50H,6-7,9,11-13,18-19,22,25,28-29,34-37,39,41-44H2,1-5H3,(H-,48,51,52,53)/p+1/b10-8-,16-14-,17-15+,21-20-,24-23-,27-26-,32-30+,33-31-,40-38+. The molecule has 1 amide bonds. The first-order valence-electron chi connectivity index (χ1n) is 21.3. The van der Waals surface area contributed by atoms with Gasteiger partial charge in [-0.05, 0) is 96.3 Å². The van der Waals surface area contributed by atoms with E-state index in [4.69, 9.17) is 9.05 Å². The van der Waals surface area contributed by atoms with Gasteiger partial charge < -0.3 is 19.8 Å². The van der Waals surface area contributed by atoms with Gasteiger partial charge in [-0.3, -0.25) is 13.8 Å². The van der Waals surface area contributed by atoms with Gasteiger partial charge in [0.1, 0.15) is 13.2 Å². The number of aliphatic hydroxyl groups excluding tert-OH is 1. The number of hydrogen-bond acceptors (Lipinski definition) is 5. The van der Waals surface area contributed by atoms with Crippen LogP contribution in [-0.2, 0) is 18.4 Å². The number of rotatable bonds is 36. The zero-order chi connectivity index (χ0) is 41.4. The summed E-state index contributed by atoms with van der Waals surface area (Å²) >= 11 is 0. The first-order valence-corrected chi connectivity index (χ1v) is 22.8. The Morgan fingerprint density at radius 3 is 1.57 bits per heavy atom. The van der Waals surface area contributed by atoms with E-state index in [1.807, 2.05) is 27.2 Å². The van der Waals surface area contributed by atoms with E-state index >= 15 is 0 Å². The van der Waals surface area contributed by atoms with Crippen LogP contribution in [0.4, 0.5) is 0 Å². The number of aliphatic hydroxyl groups is 1. The number of unbranched alkanes of at least 4 members (excludes halogenated alkanes) is 7. The summed E-state index contributed by atoms with van der Waals surface area (Å²) in [5, 5.41) is 13.7. The number of quaternary nitrogens is 1. The monoisotopic (exact) mass is 800 g/mol. The predicted molar refractivity (Wildman–Crippen MR) is 239 cm³/mol. The molecule has 3 N–H and O–H groups in total. The lowest BCUT2D eigenvalue weighted by molar-refractivity contribution is -0.870. The molecule has 56 heavy (non-hydrogen) atoms. The highest BCUT2D eigenvalue weighted by Gasteiger charge is 2.27. The van der Waals surface area contributed by atoms with Crippen LogP contribution in [0.5, 0.6) is 0 Å². The maximum Gasteiger partial charge on any atom is 0.472 e. The van der Waals surface area contributed by atoms with Gasteiger partial charge in [0.2, 0.25) is 5.91 Å². The number of carbonyl (C=O) groups excluding carboxylic acids is 1. The zero-order valence-electron chi connectivity index (χ0n) is 35.8. The average Bonchev–Trinajstić information content (AvgIpc) is 3.15. The van der Waals surface area contributed by atoms with Crippen molar-refractivity contribution in [2.24, 2.45) is 0 Å². The van der Waals surface area contributed by atoms with E-state index in [1.165, 1.54) is 19.3 Å². The third-order valence-corrected chi connectivity index (χ3v) is 9.44. The fraction of sp³-hybridized carbons (Fsp3) is 0.596. The van der Waals surface area contributed by atoms with Crippen molar-refractivity contribution in [2.75, 3.05) is 40.9 Å². The van der Waals surface area contributed by atoms with Gasteiger partial charge in [0.15, 0.2) is 0 Å². The first kappa shape index (κ1) is 53.2. The SMILES string of the molecule is CC/C=C\C/C=C\C/C=C\C/C=C\C/C=C\C/C=C\CCCCC(=O)NC(COP(=O)(O)OCC[N+](C)(C)C)C(O)/C=C/CC/C=C/CC/C=C/CCCCC. The van der Waals surface area contributed by atoms with Crippen LogP contribution in [0.25, 0.3) is 0 Å². The molecule has 0 spiro atoms. The highest BCUT2D eigenvalue weighted by molar-refractivity contribution is 7.47. The van der Waals surface area contributed by atoms with Crippen LogP contribution in [0.2, 0.25) is 0 Å². The number of phosphoric acid groups is 1. The van der Waals surface area contributed by atoms with E-state index < -0.39 is 20.0 Å². The third-order valence-electron chi connectivity index (χ3n) is 8.45. The molecular formula is C47H80N2O6P+. The van der Waals surface area contributed by atoms with E-state index in [-0.39, 0.29) is 25.5 Å². The Kier molecular flexibility index (Phi) is 35.8. The van der Waals surface area contributed by atoms with Crippen molar-refractivity contribution in [3.63, 3.8) is 0 Å². The summed E-state index contributed by atoms with van der Waals surface area (Å²) in [6.45, 7) is 4.56. The Morgan fingerprint density at radius 2 is 1.07 bits per heavy atom. The molecule has 0 aromatic carbocycles. The van der Waals surface area contributed by atoms with Gasteiger partial charge >= 0.3 is 7.82 Å². The van der Waals surface area contributed by atoms with Gasteiger partial charge in [-0.25, -0.2) is 4.57 Å². The van der Waals surface area contributed by atoms with Crippen molar-refractivity contribution in [2.45, 2.75) is 142 Å². The molecule has 0 heterocycles. The number of hydrogen-bond donors (Lipinski definition) is 3. The van der Waals surface area contributed by atoms with Gasteiger partial charge in [0, 0.05) is 6.42 Å². The second kappa shape index (κ2) is 37.7. The van der Waals surface area contributed by atoms with Crippen LogP contribution in [0.1, 0.15) is 129 Å². The average molecular weight is 800 g/mol. The molecule has 9 heteroatoms. The number of nitrogens with zero attached hydrogens (tertiary/aromatic N) is 1. The van der Waals surface area contributed by atoms with Crippen molar-refractivity contribution in [1.82, 2.24) is 5.32 Å². The fourth-order valence-corrected chi connectivity index (χ4v) is 5.81. The van der Waals surface area contributed by atoms with Crippen molar-refractivity contribution in [1.29, 1.82) is 0 Å². The van der Waals surface area contributed by atoms with Crippen molar-refractivity contribution in [3.8, 4) is 0 Å². The first-order chi connectivity index (χ1) is 27.0. The summed E-state index contributed by atoms with van der Waals surface area (Å²) in [5.41, 5.74) is 0. The van der Waals surface area contributed by atoms with Crippen LogP contribution >= 0.6 is 7.82 Å². The summed E-state index contributed by atoms with van der Waals surface area (Å²) in [7, 11) is 1.49. The minimum absolute atomic E-state index is 0.0380. The van der Waals surface area contributed by atoms with Crippen LogP contribution in [0.15, 0.2) is 109 Å². The molecular weight excluding hydrogens is 719 g/mol. The highest BCUT2D eigenvalue weighted by Crippen LogP contribution is 2.43. The van der Waals surface area contributed by atoms with Crippen molar-refractivity contribution >= 4 is 13.7 Å². The Morgan fingerprint density at radius 1 is 0.625 bits per heavy atom. The van der Waals surface area contributed by atoms with Gasteiger partial charge in [0.25, 0.3) is 0 Å². The summed E-state index contributed by atoms with van der Waals surface area (Å²) in [4.78, 5) is 23.1. The van der Waals surface area contributed by atoms with Gasteiger partial charge in [0.05, 0.1) is 39.9 Å². The lowest BCUT2D eigenvalue weighted by Gasteiger charge is -2.25. The molecule has 0 aliphatic rings. The van der Waals surface area contributed by atoms with E-state index in [9.17, 15) is 19.4 Å². The zero-order valence-corrected chi connectivity index (χ0v) is 36.7. The highest BCUT2D eigenvalue weighted by atomic mass is 31.2. The minimum Gasteiger partial charge on any atom is -0.387 e. The van der Waals surface area contributed by atoms with Crippen molar-refractivity contribution in [3.05, 3.63) is 109 Å². The Labute approximate surface area is 342 Å². The van der Waals surface area contributed by atoms with Gasteiger partial charge in [-0.2, -0.15) is 0 Å². The van der Waals surface area contributed by atoms with Crippen LogP contribution in [-0.4, -0.2) is 73.4 Å². The number of likely N-dealkylation sites (N-methyl/N-ethyl adjacent to an activating group) is 1. The molecule has 0 radical (unpaired) electrons. The molecule has 0 saturated carbocycles. The fourth-order valence-electron chi connectivity index (χ4n) is 5.07. The number of phosphoric ester groups is 1. The number of nitrogens with one attached hydrogen (secondary N) is 1. The minimum atomic E-state index is -4.37. The Hall–Kier alpha value is -2.84. The molecule has 0 aromatic heterocycles. The van der Waals surface area contributed by atoms with Crippen LogP contribution < -0.4 is 5.32 Å². The maximum atomic E-state index is 12.8. The second-order valence-electron chi connectivity index (χ2n) is 15.0. The topological polar surface area (TPSA) is 105 Å². The van der Waals surface area contributed by atoms with Crippen LogP contribution in [0.3, 0.4) is 0 Å². The molecule has 0 aromatic rings. The molecule has 3 atom stereocenters. The summed E-state index contributed by atoms with van der Waals surface area (Å²) in [6, 6.07) is -0.899. The molecule has 0 bridgehead atoms. The molecule has 0 rings (SSSR count). The molecule has 0 aliphatic heterocycles. The predicted octanol–water partition coefficient (Wildman–Crippen LogP) is 11.7. The second-order valence-corrected chi connectivity index (χ2v) is 16.4. The van der Waals surface area contributed by atoms with Gasteiger partial charge in [-0.15, -0.1) is 0 Å². The molecule has 0 aliphatic carbocycles. The van der Waals surface area contributed by atoms with E-state index in [1.54, 1.807) is 6.08 Å². The maximum absolute atomic E-state index is 12.8. The smallest absolute Gasteiger partial charge is 0.387 e. The lowest BCUT2D eigenvalue weighted by Crippen LogP contribution is -2.45. The molecule has 318 valence electrons. The normalized spacial score (nSPS) is 15.5. The Balaban J connectivity index is 4.61. The molecule has 3 unspecified atom stereocenters. The quantitative estimate of drug-likeness (QED) is 0.0252. The number of allylic oxidation sites excluding steroid dienone is 17. The summed E-state index contributed by atoms with van der Waals surface area (Å²) in [5.74, 6) is -0.241. The Bertz CT molecular complexity index is 1270.